The van der Waals surface area contributed by atoms with Crippen molar-refractivity contribution in [3.8, 4) is 5.75 Å². The van der Waals surface area contributed by atoms with Crippen LogP contribution in [0.3, 0.4) is 0 Å². The Morgan fingerprint density at radius 1 is 1.11 bits per heavy atom. The van der Waals surface area contributed by atoms with E-state index in [-0.39, 0.29) is 41.4 Å². The van der Waals surface area contributed by atoms with Gasteiger partial charge < -0.3 is 9.84 Å². The number of carbonyl (C=O) groups is 2. The first-order chi connectivity index (χ1) is 17.4. The van der Waals surface area contributed by atoms with Crippen molar-refractivity contribution >= 4 is 39.5 Å². The normalized spacial score (nSPS) is 26.0. The van der Waals surface area contributed by atoms with Gasteiger partial charge >= 0.3 is 0 Å². The number of ether oxygens (including phenoxy) is 1. The van der Waals surface area contributed by atoms with Crippen LogP contribution in [0.25, 0.3) is 6.08 Å². The number of hydrogen-bond donors (Lipinski definition) is 1. The number of rotatable bonds is 7. The van der Waals surface area contributed by atoms with Crippen molar-refractivity contribution in [2.24, 2.45) is 17.8 Å². The zero-order chi connectivity index (χ0) is 25.4. The van der Waals surface area contributed by atoms with Crippen molar-refractivity contribution < 1.29 is 19.4 Å². The fourth-order valence-corrected chi connectivity index (χ4v) is 6.55. The zero-order valence-corrected chi connectivity index (χ0v) is 22.3. The molecule has 5 nitrogen and oxygen atoms in total. The maximum absolute atomic E-state index is 13.6. The second kappa shape index (κ2) is 10.3. The number of fused-ring (bicyclic) bond motifs is 3. The highest BCUT2D eigenvalue weighted by Crippen LogP contribution is 2.51. The first-order valence-electron chi connectivity index (χ1n) is 12.9. The van der Waals surface area contributed by atoms with E-state index in [4.69, 9.17) is 4.74 Å². The highest BCUT2D eigenvalue weighted by molar-refractivity contribution is 9.10. The van der Waals surface area contributed by atoms with Gasteiger partial charge in [-0.25, -0.2) is 0 Å². The number of hydrogen-bond acceptors (Lipinski definition) is 4. The van der Waals surface area contributed by atoms with Gasteiger partial charge in [-0.15, -0.1) is 0 Å². The number of anilines is 1. The third-order valence-electron chi connectivity index (χ3n) is 7.98. The average Bonchev–Trinajstić information content (AvgIpc) is 3.42. The van der Waals surface area contributed by atoms with Crippen LogP contribution < -0.4 is 4.90 Å². The second-order valence-corrected chi connectivity index (χ2v) is 10.8. The largest absolute Gasteiger partial charge is 0.507 e. The van der Waals surface area contributed by atoms with E-state index in [1.807, 2.05) is 42.5 Å². The highest BCUT2D eigenvalue weighted by Gasteiger charge is 2.57. The van der Waals surface area contributed by atoms with Gasteiger partial charge in [-0.3, -0.25) is 14.5 Å². The second-order valence-electron chi connectivity index (χ2n) is 9.92. The van der Waals surface area contributed by atoms with Crippen LogP contribution in [0.15, 0.2) is 69.7 Å². The van der Waals surface area contributed by atoms with Gasteiger partial charge in [0.2, 0.25) is 11.8 Å². The quantitative estimate of drug-likeness (QED) is 0.309. The summed E-state index contributed by atoms with van der Waals surface area (Å²) in [6.45, 7) is 4.75. The summed E-state index contributed by atoms with van der Waals surface area (Å²) in [7, 11) is 0. The number of nitrogens with zero attached hydrogens (tertiary/aromatic N) is 1. The number of phenolic OH excluding ortho intramolecular Hbond substituents is 1. The number of benzene rings is 2. The van der Waals surface area contributed by atoms with Crippen molar-refractivity contribution in [1.82, 2.24) is 0 Å². The molecule has 0 unspecified atom stereocenters. The van der Waals surface area contributed by atoms with Gasteiger partial charge in [0, 0.05) is 16.0 Å². The number of aromatic hydroxyl groups is 1. The monoisotopic (exact) mass is 549 g/mol. The zero-order valence-electron chi connectivity index (χ0n) is 20.7. The van der Waals surface area contributed by atoms with Crippen LogP contribution in [-0.2, 0) is 14.3 Å². The Hall–Kier alpha value is -2.70. The lowest BCUT2D eigenvalue weighted by molar-refractivity contribution is -0.122. The standard InChI is InChI=1S/C30H32BrNO4/c1-3-18(14-20-15-21(31)11-12-25(20)33)10-13-26-27-19(4-2)16-23-28(24(27)17-36-26)30(35)32(29(23)34)22-8-6-5-7-9-22/h5-9,11-12,14-15,23-24,26,28,33H,3-4,10,13,16-17H2,1-2H3/b18-14+/t23-,24+,26-,28-/m1/s1. The van der Waals surface area contributed by atoms with E-state index in [2.05, 4.69) is 35.9 Å². The lowest BCUT2D eigenvalue weighted by Gasteiger charge is -2.31. The molecule has 0 spiro atoms. The van der Waals surface area contributed by atoms with Crippen LogP contribution in [0.5, 0.6) is 5.75 Å². The summed E-state index contributed by atoms with van der Waals surface area (Å²) >= 11 is 3.48. The maximum Gasteiger partial charge on any atom is 0.238 e. The predicted octanol–water partition coefficient (Wildman–Crippen LogP) is 6.66. The van der Waals surface area contributed by atoms with Gasteiger partial charge in [0.25, 0.3) is 0 Å². The summed E-state index contributed by atoms with van der Waals surface area (Å²) in [4.78, 5) is 28.3. The van der Waals surface area contributed by atoms with Gasteiger partial charge in [0.15, 0.2) is 0 Å². The molecule has 4 atom stereocenters. The molecular weight excluding hydrogens is 518 g/mol. The average molecular weight is 550 g/mol. The van der Waals surface area contributed by atoms with Gasteiger partial charge in [0.05, 0.1) is 30.2 Å². The Balaban J connectivity index is 1.37. The molecule has 2 aromatic rings. The molecule has 2 heterocycles. The van der Waals surface area contributed by atoms with Gasteiger partial charge in [-0.05, 0) is 68.0 Å². The Kier molecular flexibility index (Phi) is 7.18. The number of halogens is 1. The highest BCUT2D eigenvalue weighted by atomic mass is 79.9. The summed E-state index contributed by atoms with van der Waals surface area (Å²) < 4.78 is 7.26. The van der Waals surface area contributed by atoms with Crippen LogP contribution in [0.1, 0.15) is 51.5 Å². The fraction of sp³-hybridized carbons (Fsp3) is 0.400. The molecule has 0 saturated carbocycles. The summed E-state index contributed by atoms with van der Waals surface area (Å²) in [6.07, 6.45) is 6.09. The molecule has 0 radical (unpaired) electrons. The topological polar surface area (TPSA) is 66.8 Å². The van der Waals surface area contributed by atoms with Crippen molar-refractivity contribution in [2.45, 2.75) is 52.1 Å². The number of para-hydroxylation sites is 1. The predicted molar refractivity (Wildman–Crippen MR) is 144 cm³/mol. The smallest absolute Gasteiger partial charge is 0.238 e. The Morgan fingerprint density at radius 3 is 2.61 bits per heavy atom. The summed E-state index contributed by atoms with van der Waals surface area (Å²) in [5, 5.41) is 10.3. The molecule has 2 saturated heterocycles. The molecule has 2 aliphatic heterocycles. The van der Waals surface area contributed by atoms with Crippen LogP contribution in [-0.4, -0.2) is 29.6 Å². The number of phenols is 1. The minimum absolute atomic E-state index is 0.0305. The van der Waals surface area contributed by atoms with E-state index in [0.717, 1.165) is 35.7 Å². The minimum Gasteiger partial charge on any atom is -0.507 e. The molecule has 0 aromatic heterocycles. The third kappa shape index (κ3) is 4.46. The third-order valence-corrected chi connectivity index (χ3v) is 8.47. The molecular formula is C30H32BrNO4. The molecule has 188 valence electrons. The van der Waals surface area contributed by atoms with Gasteiger partial charge in [0.1, 0.15) is 5.75 Å². The van der Waals surface area contributed by atoms with E-state index in [9.17, 15) is 14.7 Å². The summed E-state index contributed by atoms with van der Waals surface area (Å²) in [6, 6.07) is 14.7. The molecule has 36 heavy (non-hydrogen) atoms. The molecule has 3 aliphatic rings. The van der Waals surface area contributed by atoms with Crippen molar-refractivity contribution in [3.63, 3.8) is 0 Å². The summed E-state index contributed by atoms with van der Waals surface area (Å²) in [5.74, 6) is -0.561. The molecule has 2 amide bonds. The van der Waals surface area contributed by atoms with Gasteiger partial charge in [-0.2, -0.15) is 0 Å². The first kappa shape index (κ1) is 25.0. The Bertz CT molecular complexity index is 1230. The maximum atomic E-state index is 13.6. The lowest BCUT2D eigenvalue weighted by Crippen LogP contribution is -2.34. The Labute approximate surface area is 221 Å². The van der Waals surface area contributed by atoms with E-state index < -0.39 is 0 Å². The Morgan fingerprint density at radius 2 is 1.89 bits per heavy atom. The molecule has 2 fully saturated rings. The fourth-order valence-electron chi connectivity index (χ4n) is 6.17. The van der Waals surface area contributed by atoms with Crippen LogP contribution in [0.2, 0.25) is 0 Å². The van der Waals surface area contributed by atoms with Gasteiger partial charge in [-0.1, -0.05) is 65.2 Å². The molecule has 6 heteroatoms. The van der Waals surface area contributed by atoms with E-state index in [1.165, 1.54) is 21.6 Å². The van der Waals surface area contributed by atoms with Crippen LogP contribution >= 0.6 is 15.9 Å². The van der Waals surface area contributed by atoms with Crippen LogP contribution in [0.4, 0.5) is 5.69 Å². The molecule has 2 aromatic carbocycles. The lowest BCUT2D eigenvalue weighted by atomic mass is 9.69. The number of imide groups is 1. The molecule has 5 rings (SSSR count). The minimum atomic E-state index is -0.340. The van der Waals surface area contributed by atoms with Crippen LogP contribution in [0, 0.1) is 17.8 Å². The first-order valence-corrected chi connectivity index (χ1v) is 13.7. The number of allylic oxidation sites excluding steroid dienone is 2. The number of amides is 2. The van der Waals surface area contributed by atoms with Crippen molar-refractivity contribution in [3.05, 3.63) is 75.3 Å². The SMILES string of the molecule is CCC1=C2[C@@H](CC/C(=C/c3cc(Br)ccc3O)CC)OC[C@@H]2[C@@H]2C(=O)N(c3ccccc3)C(=O)[C@@H]2C1. The molecule has 1 N–H and O–H groups in total. The van der Waals surface area contributed by atoms with Crippen molar-refractivity contribution in [2.75, 3.05) is 11.5 Å². The summed E-state index contributed by atoms with van der Waals surface area (Å²) in [5.41, 5.74) is 5.24. The molecule has 1 aliphatic carbocycles. The van der Waals surface area contributed by atoms with E-state index >= 15 is 0 Å². The van der Waals surface area contributed by atoms with E-state index in [0.29, 0.717) is 18.7 Å². The molecule has 0 bridgehead atoms. The van der Waals surface area contributed by atoms with E-state index in [1.54, 1.807) is 6.07 Å². The van der Waals surface area contributed by atoms with Crippen molar-refractivity contribution in [1.29, 1.82) is 0 Å². The number of carbonyl (C=O) groups excluding carboxylic acids is 2.